The van der Waals surface area contributed by atoms with Crippen molar-refractivity contribution in [2.45, 2.75) is 40.5 Å². The van der Waals surface area contributed by atoms with Crippen molar-refractivity contribution in [3.05, 3.63) is 34.9 Å². The van der Waals surface area contributed by atoms with Crippen molar-refractivity contribution < 1.29 is 14.3 Å². The summed E-state index contributed by atoms with van der Waals surface area (Å²) < 4.78 is 4.93. The molecule has 21 heavy (non-hydrogen) atoms. The molecule has 0 saturated carbocycles. The fraction of sp³-hybridized carbons (Fsp3) is 0.529. The molecule has 0 aliphatic rings. The Morgan fingerprint density at radius 1 is 1.19 bits per heavy atom. The van der Waals surface area contributed by atoms with E-state index in [2.05, 4.69) is 0 Å². The number of carbonyl (C=O) groups excluding carboxylic acids is 2. The van der Waals surface area contributed by atoms with Crippen LogP contribution in [0.1, 0.15) is 37.0 Å². The quantitative estimate of drug-likeness (QED) is 0.726. The molecule has 0 aliphatic carbocycles. The summed E-state index contributed by atoms with van der Waals surface area (Å²) in [5.74, 6) is -0.376. The molecule has 4 heteroatoms. The number of esters is 1. The van der Waals surface area contributed by atoms with Crippen molar-refractivity contribution in [2.24, 2.45) is 0 Å². The van der Waals surface area contributed by atoms with E-state index in [1.165, 1.54) is 0 Å². The van der Waals surface area contributed by atoms with Gasteiger partial charge in [0.1, 0.15) is 6.54 Å². The molecular weight excluding hydrogens is 266 g/mol. The summed E-state index contributed by atoms with van der Waals surface area (Å²) in [5.41, 5.74) is 3.25. The number of rotatable bonds is 7. The summed E-state index contributed by atoms with van der Waals surface area (Å²) in [6.07, 6.45) is 1.14. The first-order valence-electron chi connectivity index (χ1n) is 7.47. The van der Waals surface area contributed by atoms with Crippen LogP contribution in [-0.2, 0) is 20.7 Å². The van der Waals surface area contributed by atoms with E-state index >= 15 is 0 Å². The van der Waals surface area contributed by atoms with Gasteiger partial charge in [-0.15, -0.1) is 0 Å². The fourth-order valence-corrected chi connectivity index (χ4v) is 2.19. The average molecular weight is 291 g/mol. The van der Waals surface area contributed by atoms with Crippen molar-refractivity contribution in [3.63, 3.8) is 0 Å². The summed E-state index contributed by atoms with van der Waals surface area (Å²) in [5, 5.41) is 0. The van der Waals surface area contributed by atoms with Crippen LogP contribution >= 0.6 is 0 Å². The van der Waals surface area contributed by atoms with E-state index in [1.807, 2.05) is 39.0 Å². The zero-order chi connectivity index (χ0) is 15.8. The Hall–Kier alpha value is -1.84. The number of nitrogens with zero attached hydrogens (tertiary/aromatic N) is 1. The molecular formula is C17H25NO3. The molecule has 1 aromatic rings. The molecule has 0 aromatic heterocycles. The first-order chi connectivity index (χ1) is 9.97. The topological polar surface area (TPSA) is 46.6 Å². The maximum Gasteiger partial charge on any atom is 0.325 e. The molecule has 1 rings (SSSR count). The van der Waals surface area contributed by atoms with Crippen LogP contribution in [0.15, 0.2) is 18.2 Å². The smallest absolute Gasteiger partial charge is 0.325 e. The third-order valence-electron chi connectivity index (χ3n) is 3.32. The molecule has 0 heterocycles. The lowest BCUT2D eigenvalue weighted by molar-refractivity contribution is -0.148. The van der Waals surface area contributed by atoms with Crippen molar-refractivity contribution >= 4 is 11.9 Å². The lowest BCUT2D eigenvalue weighted by Gasteiger charge is -2.21. The molecule has 4 nitrogen and oxygen atoms in total. The minimum atomic E-state index is -0.347. The van der Waals surface area contributed by atoms with Crippen LogP contribution in [0.2, 0.25) is 0 Å². The zero-order valence-electron chi connectivity index (χ0n) is 13.4. The average Bonchev–Trinajstić information content (AvgIpc) is 2.42. The molecule has 0 unspecified atom stereocenters. The molecule has 0 radical (unpaired) electrons. The summed E-state index contributed by atoms with van der Waals surface area (Å²) >= 11 is 0. The number of ether oxygens (including phenoxy) is 1. The number of benzene rings is 1. The van der Waals surface area contributed by atoms with Crippen LogP contribution in [0.5, 0.6) is 0 Å². The molecule has 0 fully saturated rings. The monoisotopic (exact) mass is 291 g/mol. The number of carbonyl (C=O) groups is 2. The van der Waals surface area contributed by atoms with E-state index in [-0.39, 0.29) is 18.4 Å². The molecule has 0 saturated heterocycles. The third kappa shape index (κ3) is 5.58. The van der Waals surface area contributed by atoms with Crippen molar-refractivity contribution in [1.29, 1.82) is 0 Å². The molecule has 1 amide bonds. The second-order valence-corrected chi connectivity index (χ2v) is 5.23. The maximum absolute atomic E-state index is 12.4. The standard InChI is InChI=1S/C17H25NO3/c1-5-9-18(12-17(20)21-6-2)16(19)11-15-10-13(3)7-8-14(15)4/h7-8,10H,5-6,9,11-12H2,1-4H3. The van der Waals surface area contributed by atoms with Gasteiger partial charge in [0.15, 0.2) is 0 Å². The van der Waals surface area contributed by atoms with Gasteiger partial charge in [-0.1, -0.05) is 30.7 Å². The van der Waals surface area contributed by atoms with Gasteiger partial charge in [0.2, 0.25) is 5.91 Å². The second kappa shape index (κ2) is 8.45. The maximum atomic E-state index is 12.4. The Kier molecular flexibility index (Phi) is 6.92. The van der Waals surface area contributed by atoms with Crippen LogP contribution in [0.4, 0.5) is 0 Å². The number of hydrogen-bond acceptors (Lipinski definition) is 3. The van der Waals surface area contributed by atoms with Gasteiger partial charge in [0.05, 0.1) is 13.0 Å². The fourth-order valence-electron chi connectivity index (χ4n) is 2.19. The molecule has 0 bridgehead atoms. The van der Waals surface area contributed by atoms with Gasteiger partial charge in [-0.25, -0.2) is 0 Å². The van der Waals surface area contributed by atoms with Crippen molar-refractivity contribution in [2.75, 3.05) is 19.7 Å². The van der Waals surface area contributed by atoms with Gasteiger partial charge in [-0.2, -0.15) is 0 Å². The van der Waals surface area contributed by atoms with Gasteiger partial charge in [-0.05, 0) is 38.3 Å². The zero-order valence-corrected chi connectivity index (χ0v) is 13.4. The molecule has 0 spiro atoms. The third-order valence-corrected chi connectivity index (χ3v) is 3.32. The highest BCUT2D eigenvalue weighted by atomic mass is 16.5. The second-order valence-electron chi connectivity index (χ2n) is 5.23. The summed E-state index contributed by atoms with van der Waals surface area (Å²) in [4.78, 5) is 25.6. The van der Waals surface area contributed by atoms with Crippen LogP contribution in [0.25, 0.3) is 0 Å². The highest BCUT2D eigenvalue weighted by Gasteiger charge is 2.18. The Labute approximate surface area is 127 Å². The largest absolute Gasteiger partial charge is 0.465 e. The minimum Gasteiger partial charge on any atom is -0.465 e. The Morgan fingerprint density at radius 2 is 1.90 bits per heavy atom. The van der Waals surface area contributed by atoms with E-state index in [0.717, 1.165) is 23.1 Å². The lowest BCUT2D eigenvalue weighted by atomic mass is 10.0. The van der Waals surface area contributed by atoms with Crippen LogP contribution < -0.4 is 0 Å². The molecule has 0 atom stereocenters. The minimum absolute atomic E-state index is 0.0291. The number of hydrogen-bond donors (Lipinski definition) is 0. The van der Waals surface area contributed by atoms with Crippen molar-refractivity contribution in [1.82, 2.24) is 4.90 Å². The summed E-state index contributed by atoms with van der Waals surface area (Å²) in [6, 6.07) is 6.08. The van der Waals surface area contributed by atoms with E-state index < -0.39 is 0 Å². The first-order valence-corrected chi connectivity index (χ1v) is 7.47. The van der Waals surface area contributed by atoms with Gasteiger partial charge >= 0.3 is 5.97 Å². The van der Waals surface area contributed by atoms with Crippen LogP contribution in [0.3, 0.4) is 0 Å². The van der Waals surface area contributed by atoms with Crippen LogP contribution in [-0.4, -0.2) is 36.5 Å². The van der Waals surface area contributed by atoms with E-state index in [9.17, 15) is 9.59 Å². The molecule has 0 N–H and O–H groups in total. The predicted molar refractivity (Wildman–Crippen MR) is 83.1 cm³/mol. The van der Waals surface area contributed by atoms with Gasteiger partial charge < -0.3 is 9.64 Å². The predicted octanol–water partition coefficient (Wildman–Crippen LogP) is 2.65. The Bertz CT molecular complexity index is 497. The van der Waals surface area contributed by atoms with E-state index in [0.29, 0.717) is 19.6 Å². The summed E-state index contributed by atoms with van der Waals surface area (Å²) in [7, 11) is 0. The van der Waals surface area contributed by atoms with Crippen LogP contribution in [0, 0.1) is 13.8 Å². The highest BCUT2D eigenvalue weighted by Crippen LogP contribution is 2.12. The Balaban J connectivity index is 2.76. The Morgan fingerprint density at radius 3 is 2.52 bits per heavy atom. The van der Waals surface area contributed by atoms with E-state index in [1.54, 1.807) is 11.8 Å². The van der Waals surface area contributed by atoms with Gasteiger partial charge in [-0.3, -0.25) is 9.59 Å². The highest BCUT2D eigenvalue weighted by molar-refractivity contribution is 5.83. The summed E-state index contributed by atoms with van der Waals surface area (Å²) in [6.45, 7) is 8.70. The number of aryl methyl sites for hydroxylation is 2. The normalized spacial score (nSPS) is 10.3. The first kappa shape index (κ1) is 17.2. The molecule has 0 aliphatic heterocycles. The van der Waals surface area contributed by atoms with Gasteiger partial charge in [0, 0.05) is 6.54 Å². The molecule has 116 valence electrons. The molecule has 1 aromatic carbocycles. The number of amides is 1. The van der Waals surface area contributed by atoms with Crippen molar-refractivity contribution in [3.8, 4) is 0 Å². The van der Waals surface area contributed by atoms with E-state index in [4.69, 9.17) is 4.74 Å². The SMILES string of the molecule is CCCN(CC(=O)OCC)C(=O)Cc1cc(C)ccc1C. The lowest BCUT2D eigenvalue weighted by Crippen LogP contribution is -2.38. The van der Waals surface area contributed by atoms with Gasteiger partial charge in [0.25, 0.3) is 0 Å².